The van der Waals surface area contributed by atoms with Gasteiger partial charge in [0, 0.05) is 11.4 Å². The van der Waals surface area contributed by atoms with Crippen LogP contribution in [0.15, 0.2) is 46.8 Å². The average Bonchev–Trinajstić information content (AvgIpc) is 3.11. The van der Waals surface area contributed by atoms with Crippen LogP contribution < -0.4 is 10.6 Å². The number of hydrogen-bond acceptors (Lipinski definition) is 6. The molecule has 1 aromatic heterocycles. The molecule has 0 aliphatic rings. The first-order valence-electron chi connectivity index (χ1n) is 9.11. The van der Waals surface area contributed by atoms with Gasteiger partial charge in [0.1, 0.15) is 0 Å². The molecule has 28 heavy (non-hydrogen) atoms. The number of nitrogens with one attached hydrogen (secondary N) is 2. The van der Waals surface area contributed by atoms with Crippen molar-refractivity contribution < 1.29 is 4.79 Å². The third-order valence-electron chi connectivity index (χ3n) is 4.23. The van der Waals surface area contributed by atoms with Crippen LogP contribution in [0.2, 0.25) is 0 Å². The largest absolute Gasteiger partial charge is 0.330 e. The van der Waals surface area contributed by atoms with E-state index in [9.17, 15) is 4.79 Å². The zero-order valence-electron chi connectivity index (χ0n) is 16.4. The van der Waals surface area contributed by atoms with Crippen LogP contribution in [0.5, 0.6) is 0 Å². The van der Waals surface area contributed by atoms with E-state index in [4.69, 9.17) is 0 Å². The van der Waals surface area contributed by atoms with Crippen molar-refractivity contribution in [1.82, 2.24) is 10.2 Å². The highest BCUT2D eigenvalue weighted by Gasteiger charge is 2.13. The maximum Gasteiger partial charge on any atom is 0.234 e. The van der Waals surface area contributed by atoms with Crippen molar-refractivity contribution in [3.63, 3.8) is 0 Å². The van der Waals surface area contributed by atoms with E-state index < -0.39 is 0 Å². The first kappa shape index (κ1) is 20.4. The van der Waals surface area contributed by atoms with Crippen LogP contribution in [0.25, 0.3) is 0 Å². The van der Waals surface area contributed by atoms with Crippen molar-refractivity contribution in [3.05, 3.63) is 59.2 Å². The van der Waals surface area contributed by atoms with Gasteiger partial charge >= 0.3 is 0 Å². The number of aryl methyl sites for hydroxylation is 2. The molecule has 0 saturated heterocycles. The van der Waals surface area contributed by atoms with E-state index in [1.807, 2.05) is 43.3 Å². The Kier molecular flexibility index (Phi) is 6.70. The molecule has 0 spiro atoms. The standard InChI is InChI=1S/C21H24N4OS2/c1-13(2)17-7-5-6-15(4)19(17)23-18(26)12-27-21-25-24-20(28-21)22-16-10-8-14(3)9-11-16/h5-11,13H,12H2,1-4H3,(H,22,24)(H,23,26). The summed E-state index contributed by atoms with van der Waals surface area (Å²) in [4.78, 5) is 12.5. The van der Waals surface area contributed by atoms with Crippen LogP contribution >= 0.6 is 23.1 Å². The van der Waals surface area contributed by atoms with Crippen molar-refractivity contribution >= 4 is 45.5 Å². The summed E-state index contributed by atoms with van der Waals surface area (Å²) in [6.07, 6.45) is 0. The van der Waals surface area contributed by atoms with Crippen molar-refractivity contribution in [3.8, 4) is 0 Å². The molecule has 3 rings (SSSR count). The summed E-state index contributed by atoms with van der Waals surface area (Å²) in [5.41, 5.74) is 5.32. The van der Waals surface area contributed by atoms with Gasteiger partial charge in [-0.1, -0.05) is 72.8 Å². The summed E-state index contributed by atoms with van der Waals surface area (Å²) >= 11 is 2.84. The van der Waals surface area contributed by atoms with Gasteiger partial charge in [0.25, 0.3) is 0 Å². The molecule has 1 amide bonds. The predicted molar refractivity (Wildman–Crippen MR) is 119 cm³/mol. The number of anilines is 3. The minimum absolute atomic E-state index is 0.0376. The van der Waals surface area contributed by atoms with Gasteiger partial charge in [-0.05, 0) is 43.0 Å². The molecular weight excluding hydrogens is 388 g/mol. The van der Waals surface area contributed by atoms with E-state index >= 15 is 0 Å². The van der Waals surface area contributed by atoms with E-state index in [-0.39, 0.29) is 5.91 Å². The fourth-order valence-electron chi connectivity index (χ4n) is 2.72. The number of benzene rings is 2. The van der Waals surface area contributed by atoms with Gasteiger partial charge in [-0.2, -0.15) is 0 Å². The summed E-state index contributed by atoms with van der Waals surface area (Å²) < 4.78 is 0.763. The molecular formula is C21H24N4OS2. The van der Waals surface area contributed by atoms with Crippen LogP contribution in [0.1, 0.15) is 36.5 Å². The SMILES string of the molecule is Cc1ccc(Nc2nnc(SCC(=O)Nc3c(C)cccc3C(C)C)s2)cc1. The normalized spacial score (nSPS) is 10.9. The van der Waals surface area contributed by atoms with Crippen LogP contribution in [-0.4, -0.2) is 21.9 Å². The maximum absolute atomic E-state index is 12.5. The van der Waals surface area contributed by atoms with Crippen molar-refractivity contribution in [1.29, 1.82) is 0 Å². The minimum atomic E-state index is -0.0376. The Morgan fingerprint density at radius 1 is 1.11 bits per heavy atom. The zero-order chi connectivity index (χ0) is 20.1. The molecule has 0 aliphatic carbocycles. The topological polar surface area (TPSA) is 66.9 Å². The lowest BCUT2D eigenvalue weighted by atomic mass is 9.98. The molecule has 0 unspecified atom stereocenters. The number of aromatic nitrogens is 2. The molecule has 2 N–H and O–H groups in total. The molecule has 0 atom stereocenters. The number of amides is 1. The molecule has 2 aromatic carbocycles. The van der Waals surface area contributed by atoms with E-state index in [0.29, 0.717) is 16.8 Å². The van der Waals surface area contributed by atoms with Gasteiger partial charge in [-0.3, -0.25) is 4.79 Å². The smallest absolute Gasteiger partial charge is 0.234 e. The van der Waals surface area contributed by atoms with Crippen molar-refractivity contribution in [2.24, 2.45) is 0 Å². The van der Waals surface area contributed by atoms with Crippen LogP contribution in [0, 0.1) is 13.8 Å². The second kappa shape index (κ2) is 9.21. The van der Waals surface area contributed by atoms with Crippen LogP contribution in [-0.2, 0) is 4.79 Å². The second-order valence-corrected chi connectivity index (χ2v) is 9.09. The van der Waals surface area contributed by atoms with E-state index in [0.717, 1.165) is 26.8 Å². The molecule has 1 heterocycles. The number of rotatable bonds is 7. The van der Waals surface area contributed by atoms with Gasteiger partial charge < -0.3 is 10.6 Å². The highest BCUT2D eigenvalue weighted by Crippen LogP contribution is 2.30. The maximum atomic E-state index is 12.5. The van der Waals surface area contributed by atoms with E-state index in [1.165, 1.54) is 28.7 Å². The lowest BCUT2D eigenvalue weighted by Crippen LogP contribution is -2.16. The molecule has 3 aromatic rings. The highest BCUT2D eigenvalue weighted by molar-refractivity contribution is 8.01. The van der Waals surface area contributed by atoms with Gasteiger partial charge in [0.15, 0.2) is 4.34 Å². The van der Waals surface area contributed by atoms with Gasteiger partial charge in [0.05, 0.1) is 5.75 Å². The van der Waals surface area contributed by atoms with Gasteiger partial charge in [0.2, 0.25) is 11.0 Å². The van der Waals surface area contributed by atoms with E-state index in [1.54, 1.807) is 0 Å². The summed E-state index contributed by atoms with van der Waals surface area (Å²) in [7, 11) is 0. The van der Waals surface area contributed by atoms with Crippen molar-refractivity contribution in [2.75, 3.05) is 16.4 Å². The lowest BCUT2D eigenvalue weighted by Gasteiger charge is -2.16. The lowest BCUT2D eigenvalue weighted by molar-refractivity contribution is -0.113. The third-order valence-corrected chi connectivity index (χ3v) is 6.20. The molecule has 0 fully saturated rings. The number of carbonyl (C=O) groups excluding carboxylic acids is 1. The molecule has 5 nitrogen and oxygen atoms in total. The Morgan fingerprint density at radius 3 is 2.57 bits per heavy atom. The summed E-state index contributed by atoms with van der Waals surface area (Å²) in [6, 6.07) is 14.2. The predicted octanol–water partition coefficient (Wildman–Crippen LogP) is 5.75. The summed E-state index contributed by atoms with van der Waals surface area (Å²) in [5, 5.41) is 15.3. The molecule has 7 heteroatoms. The monoisotopic (exact) mass is 412 g/mol. The number of hydrogen-bond donors (Lipinski definition) is 2. The quantitative estimate of drug-likeness (QED) is 0.484. The number of para-hydroxylation sites is 1. The average molecular weight is 413 g/mol. The first-order valence-corrected chi connectivity index (χ1v) is 10.9. The first-order chi connectivity index (χ1) is 13.4. The fourth-order valence-corrected chi connectivity index (χ4v) is 4.30. The Hall–Kier alpha value is -2.38. The Bertz CT molecular complexity index is 951. The third kappa shape index (κ3) is 5.33. The summed E-state index contributed by atoms with van der Waals surface area (Å²) in [5.74, 6) is 0.608. The molecule has 0 bridgehead atoms. The highest BCUT2D eigenvalue weighted by atomic mass is 32.2. The Morgan fingerprint density at radius 2 is 1.86 bits per heavy atom. The minimum Gasteiger partial charge on any atom is -0.330 e. The number of thioether (sulfide) groups is 1. The number of carbonyl (C=O) groups is 1. The van der Waals surface area contributed by atoms with Gasteiger partial charge in [-0.25, -0.2) is 0 Å². The molecule has 0 radical (unpaired) electrons. The summed E-state index contributed by atoms with van der Waals surface area (Å²) in [6.45, 7) is 8.32. The second-order valence-electron chi connectivity index (χ2n) is 6.89. The van der Waals surface area contributed by atoms with Gasteiger partial charge in [-0.15, -0.1) is 10.2 Å². The van der Waals surface area contributed by atoms with Crippen LogP contribution in [0.4, 0.5) is 16.5 Å². The zero-order valence-corrected chi connectivity index (χ0v) is 18.1. The molecule has 0 aliphatic heterocycles. The van der Waals surface area contributed by atoms with Crippen molar-refractivity contribution in [2.45, 2.75) is 38.0 Å². The molecule has 146 valence electrons. The number of nitrogens with zero attached hydrogens (tertiary/aromatic N) is 2. The Labute approximate surface area is 174 Å². The molecule has 0 saturated carbocycles. The van der Waals surface area contributed by atoms with E-state index in [2.05, 4.69) is 47.7 Å². The Balaban J connectivity index is 1.57. The fraction of sp³-hybridized carbons (Fsp3) is 0.286. The van der Waals surface area contributed by atoms with Crippen LogP contribution in [0.3, 0.4) is 0 Å².